The molecule has 16 heavy (non-hydrogen) atoms. The molecule has 0 saturated carbocycles. The molecule has 0 atom stereocenters. The second-order valence-corrected chi connectivity index (χ2v) is 3.72. The van der Waals surface area contributed by atoms with E-state index >= 15 is 0 Å². The molecule has 2 heteroatoms. The highest BCUT2D eigenvalue weighted by molar-refractivity contribution is 5.92. The first-order chi connectivity index (χ1) is 7.59. The van der Waals surface area contributed by atoms with Gasteiger partial charge in [0.15, 0.2) is 0 Å². The Morgan fingerprint density at radius 2 is 1.94 bits per heavy atom. The molecule has 0 radical (unpaired) electrons. The second-order valence-electron chi connectivity index (χ2n) is 3.72. The van der Waals surface area contributed by atoms with E-state index in [4.69, 9.17) is 4.74 Å². The molecule has 0 aromatic heterocycles. The average Bonchev–Trinajstić information content (AvgIpc) is 2.26. The van der Waals surface area contributed by atoms with Crippen LogP contribution in [0.5, 0.6) is 0 Å². The Kier molecular flexibility index (Phi) is 4.52. The minimum Gasteiger partial charge on any atom is -0.459 e. The van der Waals surface area contributed by atoms with Gasteiger partial charge in [0, 0.05) is 0 Å². The normalized spacial score (nSPS) is 10.7. The van der Waals surface area contributed by atoms with E-state index in [1.54, 1.807) is 6.08 Å². The zero-order chi connectivity index (χ0) is 12.0. The zero-order valence-corrected chi connectivity index (χ0v) is 9.64. The summed E-state index contributed by atoms with van der Waals surface area (Å²) >= 11 is 0. The van der Waals surface area contributed by atoms with Crippen molar-refractivity contribution in [2.24, 2.45) is 0 Å². The highest BCUT2D eigenvalue weighted by Gasteiger charge is 2.06. The van der Waals surface area contributed by atoms with Gasteiger partial charge in [0.1, 0.15) is 0 Å². The summed E-state index contributed by atoms with van der Waals surface area (Å²) in [5, 5.41) is 0. The van der Waals surface area contributed by atoms with Crippen molar-refractivity contribution in [3.63, 3.8) is 0 Å². The predicted molar refractivity (Wildman–Crippen MR) is 65.8 cm³/mol. The van der Waals surface area contributed by atoms with Crippen LogP contribution in [0, 0.1) is 0 Å². The Morgan fingerprint density at radius 1 is 1.31 bits per heavy atom. The molecular formula is C14H16O2. The lowest BCUT2D eigenvalue weighted by atomic mass is 10.2. The molecular weight excluding hydrogens is 200 g/mol. The number of hydrogen-bond acceptors (Lipinski definition) is 2. The average molecular weight is 216 g/mol. The maximum atomic E-state index is 11.4. The van der Waals surface area contributed by atoms with E-state index in [0.29, 0.717) is 5.57 Å². The van der Waals surface area contributed by atoms with E-state index in [2.05, 4.69) is 6.58 Å². The fourth-order valence-electron chi connectivity index (χ4n) is 1.12. The number of carbonyl (C=O) groups excluding carboxylic acids is 1. The van der Waals surface area contributed by atoms with Gasteiger partial charge in [0.05, 0.1) is 11.7 Å². The third kappa shape index (κ3) is 4.13. The van der Waals surface area contributed by atoms with Crippen LogP contribution in [0.2, 0.25) is 0 Å². The Labute approximate surface area is 96.2 Å². The van der Waals surface area contributed by atoms with Crippen molar-refractivity contribution in [2.45, 2.75) is 20.0 Å². The molecule has 84 valence electrons. The zero-order valence-electron chi connectivity index (χ0n) is 9.64. The molecule has 1 aromatic carbocycles. The van der Waals surface area contributed by atoms with E-state index in [9.17, 15) is 4.79 Å². The largest absolute Gasteiger partial charge is 0.459 e. The van der Waals surface area contributed by atoms with Crippen LogP contribution in [-0.4, -0.2) is 12.1 Å². The number of esters is 1. The van der Waals surface area contributed by atoms with Gasteiger partial charge in [0.2, 0.25) is 0 Å². The molecule has 0 amide bonds. The van der Waals surface area contributed by atoms with Gasteiger partial charge in [-0.15, -0.1) is 0 Å². The number of hydrogen-bond donors (Lipinski definition) is 0. The van der Waals surface area contributed by atoms with Crippen molar-refractivity contribution < 1.29 is 9.53 Å². The summed E-state index contributed by atoms with van der Waals surface area (Å²) in [6.45, 7) is 7.28. The molecule has 0 spiro atoms. The quantitative estimate of drug-likeness (QED) is 0.439. The van der Waals surface area contributed by atoms with Crippen molar-refractivity contribution in [3.05, 3.63) is 54.1 Å². The van der Waals surface area contributed by atoms with Gasteiger partial charge in [-0.05, 0) is 25.5 Å². The van der Waals surface area contributed by atoms with E-state index in [1.165, 1.54) is 0 Å². The Hall–Kier alpha value is -1.83. The van der Waals surface area contributed by atoms with E-state index in [1.807, 2.05) is 50.3 Å². The van der Waals surface area contributed by atoms with Crippen LogP contribution in [0.25, 0.3) is 6.08 Å². The highest BCUT2D eigenvalue weighted by Crippen LogP contribution is 2.06. The molecule has 0 aliphatic carbocycles. The lowest BCUT2D eigenvalue weighted by molar-refractivity contribution is -0.142. The first-order valence-corrected chi connectivity index (χ1v) is 5.22. The molecule has 1 aromatic rings. The third-order valence-corrected chi connectivity index (χ3v) is 1.88. The van der Waals surface area contributed by atoms with Gasteiger partial charge in [-0.25, -0.2) is 4.79 Å². The molecule has 0 fully saturated rings. The highest BCUT2D eigenvalue weighted by atomic mass is 16.5. The minimum atomic E-state index is -0.373. The smallest absolute Gasteiger partial charge is 0.337 e. The predicted octanol–water partition coefficient (Wildman–Crippen LogP) is 3.21. The van der Waals surface area contributed by atoms with Crippen molar-refractivity contribution in [1.29, 1.82) is 0 Å². The van der Waals surface area contributed by atoms with Crippen LogP contribution >= 0.6 is 0 Å². The Balaban J connectivity index is 2.58. The molecule has 1 rings (SSSR count). The summed E-state index contributed by atoms with van der Waals surface area (Å²) in [6, 6.07) is 9.73. The van der Waals surface area contributed by atoms with Crippen LogP contribution in [0.4, 0.5) is 0 Å². The monoisotopic (exact) mass is 216 g/mol. The second kappa shape index (κ2) is 5.91. The third-order valence-electron chi connectivity index (χ3n) is 1.88. The van der Waals surface area contributed by atoms with Crippen LogP contribution in [-0.2, 0) is 9.53 Å². The van der Waals surface area contributed by atoms with Gasteiger partial charge in [-0.1, -0.05) is 43.0 Å². The van der Waals surface area contributed by atoms with Crippen LogP contribution < -0.4 is 0 Å². The molecule has 0 bridgehead atoms. The topological polar surface area (TPSA) is 26.3 Å². The maximum absolute atomic E-state index is 11.4. The maximum Gasteiger partial charge on any atom is 0.337 e. The van der Waals surface area contributed by atoms with Crippen molar-refractivity contribution in [3.8, 4) is 0 Å². The van der Waals surface area contributed by atoms with Crippen LogP contribution in [0.3, 0.4) is 0 Å². The summed E-state index contributed by atoms with van der Waals surface area (Å²) in [7, 11) is 0. The first-order valence-electron chi connectivity index (χ1n) is 5.22. The van der Waals surface area contributed by atoms with Gasteiger partial charge in [-0.3, -0.25) is 0 Å². The molecule has 0 heterocycles. The fraction of sp³-hybridized carbons (Fsp3) is 0.214. The molecule has 0 saturated heterocycles. The summed E-state index contributed by atoms with van der Waals surface area (Å²) in [6.07, 6.45) is 3.39. The van der Waals surface area contributed by atoms with Crippen molar-refractivity contribution in [1.82, 2.24) is 0 Å². The molecule has 2 nitrogen and oxygen atoms in total. The number of benzene rings is 1. The number of rotatable bonds is 4. The summed E-state index contributed by atoms with van der Waals surface area (Å²) in [4.78, 5) is 11.4. The van der Waals surface area contributed by atoms with Gasteiger partial charge in [0.25, 0.3) is 0 Å². The molecule has 0 N–H and O–H groups in total. The fourth-order valence-corrected chi connectivity index (χ4v) is 1.12. The van der Waals surface area contributed by atoms with Gasteiger partial charge >= 0.3 is 5.97 Å². The molecule has 0 aliphatic heterocycles. The molecule has 0 aliphatic rings. The van der Waals surface area contributed by atoms with Gasteiger partial charge in [-0.2, -0.15) is 0 Å². The molecule has 0 unspecified atom stereocenters. The minimum absolute atomic E-state index is 0.116. The van der Waals surface area contributed by atoms with Gasteiger partial charge < -0.3 is 4.74 Å². The van der Waals surface area contributed by atoms with Crippen molar-refractivity contribution in [2.75, 3.05) is 0 Å². The Bertz CT molecular complexity index is 388. The SMILES string of the molecule is C=C(C=Cc1ccccc1)C(=O)OC(C)C. The van der Waals surface area contributed by atoms with Crippen molar-refractivity contribution >= 4 is 12.0 Å². The first kappa shape index (κ1) is 12.2. The standard InChI is InChI=1S/C14H16O2/c1-11(2)16-14(15)12(3)9-10-13-7-5-4-6-8-13/h4-11H,3H2,1-2H3. The summed E-state index contributed by atoms with van der Waals surface area (Å²) < 4.78 is 5.01. The van der Waals surface area contributed by atoms with Crippen LogP contribution in [0.1, 0.15) is 19.4 Å². The Morgan fingerprint density at radius 3 is 2.50 bits per heavy atom. The lowest BCUT2D eigenvalue weighted by Gasteiger charge is -2.06. The van der Waals surface area contributed by atoms with E-state index < -0.39 is 0 Å². The number of ether oxygens (including phenoxy) is 1. The summed E-state index contributed by atoms with van der Waals surface area (Å²) in [5.41, 5.74) is 1.39. The lowest BCUT2D eigenvalue weighted by Crippen LogP contribution is -2.11. The number of carbonyl (C=O) groups is 1. The van der Waals surface area contributed by atoms with E-state index in [-0.39, 0.29) is 12.1 Å². The van der Waals surface area contributed by atoms with Crippen LogP contribution in [0.15, 0.2) is 48.6 Å². The van der Waals surface area contributed by atoms with E-state index in [0.717, 1.165) is 5.56 Å². The summed E-state index contributed by atoms with van der Waals surface area (Å²) in [5.74, 6) is -0.373.